The Balaban J connectivity index is 2.00. The number of nitrogens with one attached hydrogen (secondary N) is 1. The van der Waals surface area contributed by atoms with E-state index in [0.717, 1.165) is 5.56 Å². The summed E-state index contributed by atoms with van der Waals surface area (Å²) in [6.07, 6.45) is 0. The van der Waals surface area contributed by atoms with E-state index < -0.39 is 0 Å². The fraction of sp³-hybridized carbons (Fsp3) is 0.250. The average molecular weight is 278 g/mol. The number of aryl methyl sites for hydroxylation is 1. The minimum absolute atomic E-state index is 0.224. The van der Waals surface area contributed by atoms with E-state index in [1.54, 1.807) is 6.07 Å². The predicted molar refractivity (Wildman–Crippen MR) is 77.8 cm³/mol. The van der Waals surface area contributed by atoms with Gasteiger partial charge >= 0.3 is 0 Å². The van der Waals surface area contributed by atoms with E-state index >= 15 is 0 Å². The van der Waals surface area contributed by atoms with Crippen molar-refractivity contribution in [3.05, 3.63) is 70.0 Å². The van der Waals surface area contributed by atoms with Crippen LogP contribution in [0.3, 0.4) is 0 Å². The Bertz CT molecular complexity index is 551. The van der Waals surface area contributed by atoms with Crippen molar-refractivity contribution in [2.75, 3.05) is 0 Å². The van der Waals surface area contributed by atoms with Gasteiger partial charge in [-0.25, -0.2) is 4.39 Å². The second-order valence-corrected chi connectivity index (χ2v) is 5.16. The quantitative estimate of drug-likeness (QED) is 0.858. The third-order valence-electron chi connectivity index (χ3n) is 3.19. The molecule has 2 aromatic carbocycles. The minimum Gasteiger partial charge on any atom is -0.306 e. The van der Waals surface area contributed by atoms with Gasteiger partial charge in [-0.2, -0.15) is 0 Å². The molecule has 0 aliphatic rings. The molecule has 0 amide bonds. The Hall–Kier alpha value is -1.38. The summed E-state index contributed by atoms with van der Waals surface area (Å²) in [5.74, 6) is -0.305. The van der Waals surface area contributed by atoms with Crippen LogP contribution in [-0.4, -0.2) is 0 Å². The van der Waals surface area contributed by atoms with Gasteiger partial charge in [-0.3, -0.25) is 0 Å². The molecule has 0 unspecified atom stereocenters. The SMILES string of the molecule is Cc1ccc([C@H](C)NCc2ccc(F)cc2Cl)cc1. The molecule has 100 valence electrons. The fourth-order valence-corrected chi connectivity index (χ4v) is 2.14. The molecule has 19 heavy (non-hydrogen) atoms. The van der Waals surface area contributed by atoms with Crippen molar-refractivity contribution in [1.29, 1.82) is 0 Å². The van der Waals surface area contributed by atoms with Gasteiger partial charge in [0.05, 0.1) is 0 Å². The van der Waals surface area contributed by atoms with Crippen LogP contribution >= 0.6 is 11.6 Å². The molecule has 0 radical (unpaired) electrons. The van der Waals surface area contributed by atoms with Crippen LogP contribution in [0.15, 0.2) is 42.5 Å². The Morgan fingerprint density at radius 2 is 1.84 bits per heavy atom. The fourth-order valence-electron chi connectivity index (χ4n) is 1.90. The molecule has 1 N–H and O–H groups in total. The largest absolute Gasteiger partial charge is 0.306 e. The molecule has 0 aliphatic carbocycles. The topological polar surface area (TPSA) is 12.0 Å². The first-order valence-electron chi connectivity index (χ1n) is 6.30. The summed E-state index contributed by atoms with van der Waals surface area (Å²) >= 11 is 6.00. The van der Waals surface area contributed by atoms with Gasteiger partial charge in [0.1, 0.15) is 5.82 Å². The monoisotopic (exact) mass is 277 g/mol. The van der Waals surface area contributed by atoms with Crippen molar-refractivity contribution in [2.45, 2.75) is 26.4 Å². The van der Waals surface area contributed by atoms with Gasteiger partial charge in [-0.15, -0.1) is 0 Å². The molecular weight excluding hydrogens is 261 g/mol. The highest BCUT2D eigenvalue weighted by molar-refractivity contribution is 6.31. The van der Waals surface area contributed by atoms with Crippen molar-refractivity contribution in [2.24, 2.45) is 0 Å². The van der Waals surface area contributed by atoms with E-state index in [1.807, 2.05) is 0 Å². The Kier molecular flexibility index (Phi) is 4.56. The number of benzene rings is 2. The third kappa shape index (κ3) is 3.79. The van der Waals surface area contributed by atoms with Crippen LogP contribution in [0.25, 0.3) is 0 Å². The average Bonchev–Trinajstić information content (AvgIpc) is 2.38. The number of hydrogen-bond acceptors (Lipinski definition) is 1. The summed E-state index contributed by atoms with van der Waals surface area (Å²) in [4.78, 5) is 0. The minimum atomic E-state index is -0.305. The highest BCUT2D eigenvalue weighted by Gasteiger charge is 2.06. The number of halogens is 2. The molecule has 0 bridgehead atoms. The number of hydrogen-bond donors (Lipinski definition) is 1. The normalized spacial score (nSPS) is 12.4. The van der Waals surface area contributed by atoms with Gasteiger partial charge in [-0.1, -0.05) is 47.5 Å². The molecule has 3 heteroatoms. The van der Waals surface area contributed by atoms with E-state index in [4.69, 9.17) is 11.6 Å². The molecule has 1 atom stereocenters. The van der Waals surface area contributed by atoms with Gasteiger partial charge in [0.2, 0.25) is 0 Å². The molecule has 2 aromatic rings. The van der Waals surface area contributed by atoms with Gasteiger partial charge in [0.15, 0.2) is 0 Å². The van der Waals surface area contributed by atoms with Crippen LogP contribution in [0.1, 0.15) is 29.7 Å². The Morgan fingerprint density at radius 1 is 1.16 bits per heavy atom. The second kappa shape index (κ2) is 6.18. The van der Waals surface area contributed by atoms with Crippen molar-refractivity contribution in [1.82, 2.24) is 5.32 Å². The zero-order valence-electron chi connectivity index (χ0n) is 11.1. The number of rotatable bonds is 4. The molecule has 0 fully saturated rings. The lowest BCUT2D eigenvalue weighted by Crippen LogP contribution is -2.18. The van der Waals surface area contributed by atoms with Gasteiger partial charge in [-0.05, 0) is 37.1 Å². The van der Waals surface area contributed by atoms with E-state index in [9.17, 15) is 4.39 Å². The molecule has 1 nitrogen and oxygen atoms in total. The summed E-state index contributed by atoms with van der Waals surface area (Å²) in [5, 5.41) is 3.85. The Labute approximate surface area is 118 Å². The zero-order chi connectivity index (χ0) is 13.8. The molecule has 0 saturated carbocycles. The van der Waals surface area contributed by atoms with Gasteiger partial charge in [0, 0.05) is 17.6 Å². The van der Waals surface area contributed by atoms with E-state index in [-0.39, 0.29) is 11.9 Å². The first-order valence-corrected chi connectivity index (χ1v) is 6.68. The second-order valence-electron chi connectivity index (χ2n) is 4.75. The lowest BCUT2D eigenvalue weighted by molar-refractivity contribution is 0.573. The van der Waals surface area contributed by atoms with E-state index in [0.29, 0.717) is 11.6 Å². The molecule has 0 saturated heterocycles. The van der Waals surface area contributed by atoms with Crippen LogP contribution in [-0.2, 0) is 6.54 Å². The summed E-state index contributed by atoms with van der Waals surface area (Å²) in [5.41, 5.74) is 3.38. The predicted octanol–water partition coefficient (Wildman–Crippen LogP) is 4.64. The van der Waals surface area contributed by atoms with Crippen molar-refractivity contribution < 1.29 is 4.39 Å². The maximum Gasteiger partial charge on any atom is 0.124 e. The molecule has 0 heterocycles. The van der Waals surface area contributed by atoms with Crippen LogP contribution in [0.4, 0.5) is 4.39 Å². The van der Waals surface area contributed by atoms with Crippen LogP contribution in [0.2, 0.25) is 5.02 Å². The first-order chi connectivity index (χ1) is 9.06. The standard InChI is InChI=1S/C16H17ClFN/c1-11-3-5-13(6-4-11)12(2)19-10-14-7-8-15(18)9-16(14)17/h3-9,12,19H,10H2,1-2H3/t12-/m0/s1. The summed E-state index contributed by atoms with van der Waals surface area (Å²) < 4.78 is 12.9. The Morgan fingerprint density at radius 3 is 2.47 bits per heavy atom. The summed E-state index contributed by atoms with van der Waals surface area (Å²) in [6, 6.07) is 13.1. The van der Waals surface area contributed by atoms with Crippen LogP contribution < -0.4 is 5.32 Å². The van der Waals surface area contributed by atoms with Crippen molar-refractivity contribution >= 4 is 11.6 Å². The molecule has 2 rings (SSSR count). The lowest BCUT2D eigenvalue weighted by Gasteiger charge is -2.15. The van der Waals surface area contributed by atoms with Gasteiger partial charge < -0.3 is 5.32 Å². The molecule has 0 aromatic heterocycles. The molecule has 0 aliphatic heterocycles. The molecular formula is C16H17ClFN. The smallest absolute Gasteiger partial charge is 0.124 e. The molecule has 0 spiro atoms. The third-order valence-corrected chi connectivity index (χ3v) is 3.54. The lowest BCUT2D eigenvalue weighted by atomic mass is 10.1. The summed E-state index contributed by atoms with van der Waals surface area (Å²) in [6.45, 7) is 4.79. The highest BCUT2D eigenvalue weighted by atomic mass is 35.5. The van der Waals surface area contributed by atoms with Crippen molar-refractivity contribution in [3.8, 4) is 0 Å². The van der Waals surface area contributed by atoms with Crippen LogP contribution in [0.5, 0.6) is 0 Å². The highest BCUT2D eigenvalue weighted by Crippen LogP contribution is 2.19. The zero-order valence-corrected chi connectivity index (χ0v) is 11.8. The first kappa shape index (κ1) is 14.0. The van der Waals surface area contributed by atoms with Crippen LogP contribution in [0, 0.1) is 12.7 Å². The van der Waals surface area contributed by atoms with E-state index in [1.165, 1.54) is 23.3 Å². The van der Waals surface area contributed by atoms with Crippen molar-refractivity contribution in [3.63, 3.8) is 0 Å². The van der Waals surface area contributed by atoms with Gasteiger partial charge in [0.25, 0.3) is 0 Å². The van der Waals surface area contributed by atoms with E-state index in [2.05, 4.69) is 43.4 Å². The maximum atomic E-state index is 12.9. The summed E-state index contributed by atoms with van der Waals surface area (Å²) in [7, 11) is 0. The maximum absolute atomic E-state index is 12.9.